The zero-order valence-corrected chi connectivity index (χ0v) is 15.1. The van der Waals surface area contributed by atoms with Crippen molar-refractivity contribution in [3.63, 3.8) is 0 Å². The van der Waals surface area contributed by atoms with E-state index in [2.05, 4.69) is 15.1 Å². The van der Waals surface area contributed by atoms with Crippen LogP contribution < -0.4 is 5.73 Å². The minimum Gasteiger partial charge on any atom is -0.397 e. The second-order valence-electron chi connectivity index (χ2n) is 6.71. The number of rotatable bonds is 3. The highest BCUT2D eigenvalue weighted by Gasteiger charge is 2.32. The van der Waals surface area contributed by atoms with Gasteiger partial charge >= 0.3 is 0 Å². The van der Waals surface area contributed by atoms with E-state index in [4.69, 9.17) is 10.3 Å². The van der Waals surface area contributed by atoms with Crippen LogP contribution in [0.1, 0.15) is 47.4 Å². The van der Waals surface area contributed by atoms with Crippen LogP contribution in [0.5, 0.6) is 0 Å². The van der Waals surface area contributed by atoms with E-state index in [1.807, 2.05) is 35.2 Å². The maximum Gasteiger partial charge on any atom is 0.254 e. The van der Waals surface area contributed by atoms with E-state index in [0.717, 1.165) is 24.8 Å². The fourth-order valence-corrected chi connectivity index (χ4v) is 3.48. The smallest absolute Gasteiger partial charge is 0.254 e. The maximum atomic E-state index is 13.1. The van der Waals surface area contributed by atoms with E-state index in [1.165, 1.54) is 0 Å². The number of aryl methyl sites for hydroxylation is 1. The number of amides is 1. The number of nitrogens with zero attached hydrogens (tertiary/aromatic N) is 4. The highest BCUT2D eigenvalue weighted by molar-refractivity contribution is 5.95. The van der Waals surface area contributed by atoms with Crippen molar-refractivity contribution in [3.8, 4) is 11.3 Å². The van der Waals surface area contributed by atoms with Gasteiger partial charge in [-0.1, -0.05) is 17.3 Å². The van der Waals surface area contributed by atoms with Gasteiger partial charge in [-0.2, -0.15) is 4.98 Å². The molecule has 1 saturated heterocycles. The fraction of sp³-hybridized carbons (Fsp3) is 0.300. The van der Waals surface area contributed by atoms with E-state index in [9.17, 15) is 4.79 Å². The Morgan fingerprint density at radius 3 is 2.74 bits per heavy atom. The molecule has 0 spiro atoms. The maximum absolute atomic E-state index is 13.1. The van der Waals surface area contributed by atoms with Gasteiger partial charge in [-0.05, 0) is 50.5 Å². The first kappa shape index (κ1) is 17.2. The van der Waals surface area contributed by atoms with Gasteiger partial charge in [0.05, 0.1) is 11.4 Å². The molecule has 2 aromatic heterocycles. The molecule has 0 aliphatic carbocycles. The Morgan fingerprint density at radius 2 is 2.04 bits per heavy atom. The number of nitrogens with two attached hydrogens (primary N) is 1. The summed E-state index contributed by atoms with van der Waals surface area (Å²) in [5, 5.41) is 3.87. The zero-order valence-electron chi connectivity index (χ0n) is 15.1. The third-order valence-corrected chi connectivity index (χ3v) is 4.84. The van der Waals surface area contributed by atoms with Gasteiger partial charge in [0.1, 0.15) is 6.04 Å². The van der Waals surface area contributed by atoms with E-state index in [-0.39, 0.29) is 11.9 Å². The van der Waals surface area contributed by atoms with Crippen LogP contribution in [0.2, 0.25) is 0 Å². The Balaban J connectivity index is 1.59. The summed E-state index contributed by atoms with van der Waals surface area (Å²) in [4.78, 5) is 23.6. The normalized spacial score (nSPS) is 17.1. The summed E-state index contributed by atoms with van der Waals surface area (Å²) >= 11 is 0. The molecule has 0 saturated carbocycles. The number of anilines is 1. The summed E-state index contributed by atoms with van der Waals surface area (Å²) in [7, 11) is 0. The molecule has 27 heavy (non-hydrogen) atoms. The lowest BCUT2D eigenvalue weighted by Gasteiger charge is -2.33. The summed E-state index contributed by atoms with van der Waals surface area (Å²) in [6, 6.07) is 10.8. The molecule has 3 heterocycles. The van der Waals surface area contributed by atoms with E-state index < -0.39 is 0 Å². The van der Waals surface area contributed by atoms with Crippen LogP contribution in [0.25, 0.3) is 11.3 Å². The number of hydrogen-bond donors (Lipinski definition) is 1. The summed E-state index contributed by atoms with van der Waals surface area (Å²) in [6.07, 6.45) is 4.54. The predicted molar refractivity (Wildman–Crippen MR) is 101 cm³/mol. The number of piperidine rings is 1. The fourth-order valence-electron chi connectivity index (χ4n) is 3.48. The van der Waals surface area contributed by atoms with Gasteiger partial charge < -0.3 is 15.2 Å². The average Bonchev–Trinajstić information content (AvgIpc) is 3.14. The van der Waals surface area contributed by atoms with Crippen LogP contribution in [0.4, 0.5) is 5.69 Å². The second-order valence-corrected chi connectivity index (χ2v) is 6.71. The Bertz CT molecular complexity index is 951. The largest absolute Gasteiger partial charge is 0.397 e. The molecule has 1 amide bonds. The number of pyridine rings is 1. The minimum absolute atomic E-state index is 0.0314. The standard InChI is InChI=1S/C20H21N5O2/c1-13-23-19(27-24-13)17-6-2-3-12-25(17)20(26)15-9-7-14(8-10-15)18-16(21)5-4-11-22-18/h4-5,7-11,17H,2-3,6,12,21H2,1H3. The van der Waals surface area contributed by atoms with E-state index >= 15 is 0 Å². The van der Waals surface area contributed by atoms with Gasteiger partial charge in [-0.15, -0.1) is 0 Å². The molecule has 1 aromatic carbocycles. The van der Waals surface area contributed by atoms with Crippen molar-refractivity contribution >= 4 is 11.6 Å². The third kappa shape index (κ3) is 3.40. The van der Waals surface area contributed by atoms with E-state index in [0.29, 0.717) is 35.2 Å². The molecule has 1 aliphatic rings. The second kappa shape index (κ2) is 7.19. The number of carbonyl (C=O) groups excluding carboxylic acids is 1. The molecule has 2 N–H and O–H groups in total. The molecule has 0 bridgehead atoms. The van der Waals surface area contributed by atoms with Crippen molar-refractivity contribution in [2.75, 3.05) is 12.3 Å². The monoisotopic (exact) mass is 363 g/mol. The van der Waals surface area contributed by atoms with Crippen LogP contribution >= 0.6 is 0 Å². The summed E-state index contributed by atoms with van der Waals surface area (Å²) in [6.45, 7) is 2.46. The zero-order chi connectivity index (χ0) is 18.8. The minimum atomic E-state index is -0.168. The summed E-state index contributed by atoms with van der Waals surface area (Å²) in [5.41, 5.74) is 8.82. The quantitative estimate of drug-likeness (QED) is 0.766. The lowest BCUT2D eigenvalue weighted by Crippen LogP contribution is -2.38. The molecule has 7 heteroatoms. The van der Waals surface area contributed by atoms with Crippen molar-refractivity contribution in [2.24, 2.45) is 0 Å². The molecule has 1 unspecified atom stereocenters. The number of aromatic nitrogens is 3. The van der Waals surface area contributed by atoms with Crippen LogP contribution in [-0.2, 0) is 0 Å². The predicted octanol–water partition coefficient (Wildman–Crippen LogP) is 3.39. The molecule has 1 atom stereocenters. The lowest BCUT2D eigenvalue weighted by atomic mass is 10.00. The van der Waals surface area contributed by atoms with Gasteiger partial charge in [0.15, 0.2) is 5.82 Å². The highest BCUT2D eigenvalue weighted by atomic mass is 16.5. The molecule has 3 aromatic rings. The Hall–Kier alpha value is -3.22. The molecule has 1 aliphatic heterocycles. The van der Waals surface area contributed by atoms with Gasteiger partial charge in [-0.25, -0.2) is 0 Å². The number of carbonyl (C=O) groups is 1. The van der Waals surface area contributed by atoms with Gasteiger partial charge in [0.2, 0.25) is 5.89 Å². The Kier molecular flexibility index (Phi) is 4.58. The first-order valence-corrected chi connectivity index (χ1v) is 9.05. The molecule has 4 rings (SSSR count). The van der Waals surface area contributed by atoms with Crippen molar-refractivity contribution < 1.29 is 9.32 Å². The van der Waals surface area contributed by atoms with E-state index in [1.54, 1.807) is 19.2 Å². The summed E-state index contributed by atoms with van der Waals surface area (Å²) < 4.78 is 5.33. The van der Waals surface area contributed by atoms with Crippen molar-refractivity contribution in [1.29, 1.82) is 0 Å². The molecule has 0 radical (unpaired) electrons. The van der Waals surface area contributed by atoms with Crippen LogP contribution in [0, 0.1) is 6.92 Å². The Morgan fingerprint density at radius 1 is 1.22 bits per heavy atom. The van der Waals surface area contributed by atoms with Crippen LogP contribution in [-0.4, -0.2) is 32.5 Å². The average molecular weight is 363 g/mol. The first-order valence-electron chi connectivity index (χ1n) is 9.05. The van der Waals surface area contributed by atoms with Crippen LogP contribution in [0.15, 0.2) is 47.1 Å². The molecule has 138 valence electrons. The van der Waals surface area contributed by atoms with Crippen molar-refractivity contribution in [1.82, 2.24) is 20.0 Å². The summed E-state index contributed by atoms with van der Waals surface area (Å²) in [5.74, 6) is 1.06. The Labute approximate surface area is 157 Å². The van der Waals surface area contributed by atoms with Crippen LogP contribution in [0.3, 0.4) is 0 Å². The number of likely N-dealkylation sites (tertiary alicyclic amines) is 1. The molecular formula is C20H21N5O2. The molecular weight excluding hydrogens is 342 g/mol. The third-order valence-electron chi connectivity index (χ3n) is 4.84. The van der Waals surface area contributed by atoms with Gasteiger partial charge in [-0.3, -0.25) is 9.78 Å². The van der Waals surface area contributed by atoms with Crippen molar-refractivity contribution in [2.45, 2.75) is 32.2 Å². The molecule has 7 nitrogen and oxygen atoms in total. The SMILES string of the molecule is Cc1noc(C2CCCCN2C(=O)c2ccc(-c3ncccc3N)cc2)n1. The number of nitrogen functional groups attached to an aromatic ring is 1. The van der Waals surface area contributed by atoms with Gasteiger partial charge in [0, 0.05) is 23.9 Å². The highest BCUT2D eigenvalue weighted by Crippen LogP contribution is 2.31. The first-order chi connectivity index (χ1) is 13.1. The van der Waals surface area contributed by atoms with Crippen molar-refractivity contribution in [3.05, 3.63) is 59.9 Å². The molecule has 1 fully saturated rings. The number of benzene rings is 1. The lowest BCUT2D eigenvalue weighted by molar-refractivity contribution is 0.0561. The topological polar surface area (TPSA) is 98.1 Å². The number of hydrogen-bond acceptors (Lipinski definition) is 6. The van der Waals surface area contributed by atoms with Gasteiger partial charge in [0.25, 0.3) is 5.91 Å².